The van der Waals surface area contributed by atoms with Crippen molar-refractivity contribution in [1.82, 2.24) is 14.7 Å². The van der Waals surface area contributed by atoms with Crippen molar-refractivity contribution in [3.8, 4) is 5.69 Å². The molecular weight excluding hydrogens is 306 g/mol. The predicted molar refractivity (Wildman–Crippen MR) is 86.9 cm³/mol. The molecule has 6 heteroatoms. The van der Waals surface area contributed by atoms with Crippen molar-refractivity contribution in [2.45, 2.75) is 25.3 Å². The number of carbonyl (C=O) groups excluding carboxylic acids is 1. The highest BCUT2D eigenvalue weighted by Crippen LogP contribution is 2.42. The average molecular weight is 325 g/mol. The summed E-state index contributed by atoms with van der Waals surface area (Å²) in [6, 6.07) is 10.5. The summed E-state index contributed by atoms with van der Waals surface area (Å²) in [5, 5.41) is 13.9. The summed E-state index contributed by atoms with van der Waals surface area (Å²) in [4.78, 5) is 26.0. The van der Waals surface area contributed by atoms with E-state index < -0.39 is 12.0 Å². The molecule has 124 valence electrons. The summed E-state index contributed by atoms with van der Waals surface area (Å²) in [7, 11) is 0. The highest BCUT2D eigenvalue weighted by molar-refractivity contribution is 5.95. The van der Waals surface area contributed by atoms with Crippen molar-refractivity contribution in [3.05, 3.63) is 48.3 Å². The number of fused-ring (bicyclic) bond motifs is 1. The maximum absolute atomic E-state index is 12.8. The van der Waals surface area contributed by atoms with Crippen molar-refractivity contribution in [2.24, 2.45) is 11.8 Å². The smallest absolute Gasteiger partial charge is 0.326 e. The molecule has 6 nitrogen and oxygen atoms in total. The van der Waals surface area contributed by atoms with Crippen molar-refractivity contribution < 1.29 is 14.7 Å². The summed E-state index contributed by atoms with van der Waals surface area (Å²) in [6.07, 6.45) is 4.69. The van der Waals surface area contributed by atoms with E-state index in [1.807, 2.05) is 30.3 Å². The Morgan fingerprint density at radius 3 is 2.67 bits per heavy atom. The van der Waals surface area contributed by atoms with Crippen LogP contribution in [0.15, 0.2) is 42.6 Å². The summed E-state index contributed by atoms with van der Waals surface area (Å²) < 4.78 is 1.64. The first-order valence-electron chi connectivity index (χ1n) is 8.30. The molecule has 1 aromatic carbocycles. The van der Waals surface area contributed by atoms with Crippen LogP contribution in [-0.2, 0) is 4.79 Å². The van der Waals surface area contributed by atoms with Gasteiger partial charge in [0.15, 0.2) is 5.69 Å². The minimum Gasteiger partial charge on any atom is -0.480 e. The number of aliphatic carboxylic acids is 1. The Hall–Kier alpha value is -2.63. The Bertz CT molecular complexity index is 771. The first kappa shape index (κ1) is 14.9. The molecule has 0 radical (unpaired) electrons. The lowest BCUT2D eigenvalue weighted by molar-refractivity contribution is -0.142. The maximum Gasteiger partial charge on any atom is 0.326 e. The zero-order chi connectivity index (χ0) is 16.7. The molecule has 3 unspecified atom stereocenters. The normalized spacial score (nSPS) is 25.7. The molecule has 0 spiro atoms. The number of hydrogen-bond acceptors (Lipinski definition) is 3. The van der Waals surface area contributed by atoms with Gasteiger partial charge in [-0.1, -0.05) is 24.6 Å². The Morgan fingerprint density at radius 1 is 1.12 bits per heavy atom. The molecule has 2 fully saturated rings. The predicted octanol–water partition coefficient (Wildman–Crippen LogP) is 2.20. The molecule has 1 saturated carbocycles. The van der Waals surface area contributed by atoms with Crippen LogP contribution in [0.1, 0.15) is 29.8 Å². The molecule has 0 bridgehead atoms. The molecule has 1 N–H and O–H groups in total. The molecule has 1 amide bonds. The fourth-order valence-electron chi connectivity index (χ4n) is 4.14. The molecular formula is C18H19N3O3. The number of carboxylic acids is 1. The molecule has 1 aromatic heterocycles. The van der Waals surface area contributed by atoms with Gasteiger partial charge in [-0.05, 0) is 42.9 Å². The van der Waals surface area contributed by atoms with Crippen LogP contribution in [0.5, 0.6) is 0 Å². The van der Waals surface area contributed by atoms with E-state index in [4.69, 9.17) is 0 Å². The Kier molecular flexibility index (Phi) is 3.59. The van der Waals surface area contributed by atoms with Crippen LogP contribution in [0.25, 0.3) is 5.69 Å². The van der Waals surface area contributed by atoms with Crippen LogP contribution in [0, 0.1) is 11.8 Å². The first-order valence-corrected chi connectivity index (χ1v) is 8.30. The quantitative estimate of drug-likeness (QED) is 0.938. The Balaban J connectivity index is 1.60. The summed E-state index contributed by atoms with van der Waals surface area (Å²) in [5.74, 6) is -0.791. The number of nitrogens with zero attached hydrogens (tertiary/aromatic N) is 3. The monoisotopic (exact) mass is 325 g/mol. The highest BCUT2D eigenvalue weighted by Gasteiger charge is 2.49. The van der Waals surface area contributed by atoms with Crippen LogP contribution in [0.2, 0.25) is 0 Å². The van der Waals surface area contributed by atoms with Gasteiger partial charge in [-0.25, -0.2) is 9.48 Å². The van der Waals surface area contributed by atoms with Gasteiger partial charge in [-0.2, -0.15) is 5.10 Å². The van der Waals surface area contributed by atoms with E-state index in [0.29, 0.717) is 18.2 Å². The summed E-state index contributed by atoms with van der Waals surface area (Å²) in [6.45, 7) is 0.526. The van der Waals surface area contributed by atoms with Gasteiger partial charge < -0.3 is 10.0 Å². The van der Waals surface area contributed by atoms with Crippen LogP contribution in [0.3, 0.4) is 0 Å². The number of carboxylic acid groups (broad SMARTS) is 1. The molecule has 4 rings (SSSR count). The third kappa shape index (κ3) is 2.38. The second-order valence-electron chi connectivity index (χ2n) is 6.58. The Morgan fingerprint density at radius 2 is 1.92 bits per heavy atom. The molecule has 1 saturated heterocycles. The number of carbonyl (C=O) groups is 2. The molecule has 24 heavy (non-hydrogen) atoms. The van der Waals surface area contributed by atoms with Crippen molar-refractivity contribution >= 4 is 11.9 Å². The number of likely N-dealkylation sites (tertiary alicyclic amines) is 1. The second kappa shape index (κ2) is 5.78. The Labute approximate surface area is 139 Å². The minimum absolute atomic E-state index is 0.0858. The fraction of sp³-hybridized carbons (Fsp3) is 0.389. The van der Waals surface area contributed by atoms with Gasteiger partial charge in [0.25, 0.3) is 5.91 Å². The molecule has 2 aliphatic rings. The van der Waals surface area contributed by atoms with Gasteiger partial charge in [-0.15, -0.1) is 0 Å². The van der Waals surface area contributed by atoms with Gasteiger partial charge in [0.05, 0.1) is 5.69 Å². The molecule has 2 heterocycles. The zero-order valence-corrected chi connectivity index (χ0v) is 13.2. The summed E-state index contributed by atoms with van der Waals surface area (Å²) >= 11 is 0. The standard InChI is InChI=1S/C18H19N3O3/c22-17(15-9-10-21(19-15)13-6-2-1-3-7-13)20-11-12-5-4-8-14(12)16(20)18(23)24/h1-3,6-7,9-10,12,14,16H,4-5,8,11H2,(H,23,24). The second-order valence-corrected chi connectivity index (χ2v) is 6.58. The average Bonchev–Trinajstić information content (AvgIpc) is 3.29. The SMILES string of the molecule is O=C(O)C1C2CCCC2CN1C(=O)c1ccn(-c2ccccc2)n1. The number of rotatable bonds is 3. The first-order chi connectivity index (χ1) is 11.6. The van der Waals surface area contributed by atoms with E-state index in [2.05, 4.69) is 5.10 Å². The van der Waals surface area contributed by atoms with E-state index in [9.17, 15) is 14.7 Å². The van der Waals surface area contributed by atoms with Gasteiger partial charge >= 0.3 is 5.97 Å². The minimum atomic E-state index is -0.903. The molecule has 1 aliphatic heterocycles. The lowest BCUT2D eigenvalue weighted by atomic mass is 9.94. The molecule has 1 aliphatic carbocycles. The van der Waals surface area contributed by atoms with Crippen LogP contribution in [0.4, 0.5) is 0 Å². The van der Waals surface area contributed by atoms with Crippen molar-refractivity contribution in [1.29, 1.82) is 0 Å². The van der Waals surface area contributed by atoms with Crippen LogP contribution < -0.4 is 0 Å². The fourth-order valence-corrected chi connectivity index (χ4v) is 4.14. The highest BCUT2D eigenvalue weighted by atomic mass is 16.4. The number of amides is 1. The van der Waals surface area contributed by atoms with E-state index in [1.165, 1.54) is 4.90 Å². The van der Waals surface area contributed by atoms with Gasteiger partial charge in [0.2, 0.25) is 0 Å². The number of benzene rings is 1. The number of para-hydroxylation sites is 1. The topological polar surface area (TPSA) is 75.4 Å². The summed E-state index contributed by atoms with van der Waals surface area (Å²) in [5.41, 5.74) is 1.16. The van der Waals surface area contributed by atoms with E-state index in [-0.39, 0.29) is 11.8 Å². The van der Waals surface area contributed by atoms with E-state index >= 15 is 0 Å². The van der Waals surface area contributed by atoms with Gasteiger partial charge in [0.1, 0.15) is 6.04 Å². The van der Waals surface area contributed by atoms with Crippen LogP contribution in [-0.4, -0.2) is 44.3 Å². The maximum atomic E-state index is 12.8. The van der Waals surface area contributed by atoms with E-state index in [1.54, 1.807) is 16.9 Å². The largest absolute Gasteiger partial charge is 0.480 e. The van der Waals surface area contributed by atoms with Crippen molar-refractivity contribution in [2.75, 3.05) is 6.54 Å². The third-order valence-electron chi connectivity index (χ3n) is 5.23. The van der Waals surface area contributed by atoms with Gasteiger partial charge in [0, 0.05) is 12.7 Å². The number of hydrogen-bond donors (Lipinski definition) is 1. The lowest BCUT2D eigenvalue weighted by Crippen LogP contribution is -2.43. The third-order valence-corrected chi connectivity index (χ3v) is 5.23. The number of aromatic nitrogens is 2. The van der Waals surface area contributed by atoms with Crippen LogP contribution >= 0.6 is 0 Å². The molecule has 2 aromatic rings. The van der Waals surface area contributed by atoms with E-state index in [0.717, 1.165) is 24.9 Å². The molecule has 3 atom stereocenters. The zero-order valence-electron chi connectivity index (χ0n) is 13.2. The van der Waals surface area contributed by atoms with Gasteiger partial charge in [-0.3, -0.25) is 4.79 Å². The van der Waals surface area contributed by atoms with Crippen molar-refractivity contribution in [3.63, 3.8) is 0 Å². The lowest BCUT2D eigenvalue weighted by Gasteiger charge is -2.23.